The molecule has 1 rings (SSSR count). The van der Waals surface area contributed by atoms with Crippen molar-refractivity contribution >= 4 is 28.0 Å². The first kappa shape index (κ1) is 18.9. The van der Waals surface area contributed by atoms with Crippen molar-refractivity contribution in [1.82, 2.24) is 10.6 Å². The van der Waals surface area contributed by atoms with E-state index in [1.54, 1.807) is 38.1 Å². The third-order valence-electron chi connectivity index (χ3n) is 2.76. The van der Waals surface area contributed by atoms with Crippen LogP contribution in [0.15, 0.2) is 24.3 Å². The molecule has 0 aliphatic carbocycles. The highest BCUT2D eigenvalue weighted by atomic mass is 35.5. The van der Waals surface area contributed by atoms with Gasteiger partial charge in [0, 0.05) is 12.6 Å². The summed E-state index contributed by atoms with van der Waals surface area (Å²) in [5.74, 6) is -0.659. The van der Waals surface area contributed by atoms with Gasteiger partial charge in [-0.05, 0) is 38.0 Å². The quantitative estimate of drug-likeness (QED) is 0.479. The number of carbonyl (C=O) groups excluding carboxylic acids is 1. The summed E-state index contributed by atoms with van der Waals surface area (Å²) in [4.78, 5) is 11.3. The molecule has 0 fully saturated rings. The molecule has 1 aromatic rings. The summed E-state index contributed by atoms with van der Waals surface area (Å²) < 4.78 is 35.8. The van der Waals surface area contributed by atoms with E-state index in [-0.39, 0.29) is 12.6 Å². The van der Waals surface area contributed by atoms with Gasteiger partial charge in [0.05, 0.1) is 5.56 Å². The first-order chi connectivity index (χ1) is 10.2. The van der Waals surface area contributed by atoms with Crippen LogP contribution in [0.1, 0.15) is 29.8 Å². The molecule has 1 unspecified atom stereocenters. The minimum Gasteiger partial charge on any atom is -0.343 e. The van der Waals surface area contributed by atoms with Crippen molar-refractivity contribution in [3.63, 3.8) is 0 Å². The van der Waals surface area contributed by atoms with Crippen molar-refractivity contribution in [2.45, 2.75) is 31.8 Å². The molecule has 0 saturated carbocycles. The average Bonchev–Trinajstić information content (AvgIpc) is 2.44. The first-order valence-corrected chi connectivity index (χ1v) is 8.43. The van der Waals surface area contributed by atoms with Crippen LogP contribution in [0.5, 0.6) is 0 Å². The van der Waals surface area contributed by atoms with E-state index in [1.165, 1.54) is 0 Å². The fraction of sp³-hybridized carbons (Fsp3) is 0.462. The standard InChI is InChI=1S/C13H19ClN2O5S/c1-9(2)16-13(22(18,19)20)15-7-6-10-4-3-5-11(8-10)12(17)21-14/h3-5,8-9,13,15-16H,6-7H2,1-2H3,(H,18,19,20). The van der Waals surface area contributed by atoms with E-state index in [9.17, 15) is 13.2 Å². The summed E-state index contributed by atoms with van der Waals surface area (Å²) >= 11 is 5.02. The van der Waals surface area contributed by atoms with E-state index in [0.717, 1.165) is 5.56 Å². The Morgan fingerprint density at radius 1 is 1.41 bits per heavy atom. The molecule has 0 radical (unpaired) electrons. The Labute approximate surface area is 134 Å². The zero-order valence-corrected chi connectivity index (χ0v) is 13.8. The van der Waals surface area contributed by atoms with Crippen molar-refractivity contribution in [1.29, 1.82) is 0 Å². The molecule has 0 aliphatic rings. The van der Waals surface area contributed by atoms with Crippen LogP contribution in [0.2, 0.25) is 0 Å². The molecule has 1 aromatic carbocycles. The molecule has 0 bridgehead atoms. The molecule has 0 aliphatic heterocycles. The second-order valence-corrected chi connectivity index (χ2v) is 6.64. The van der Waals surface area contributed by atoms with Crippen LogP contribution in [-0.4, -0.2) is 37.0 Å². The first-order valence-electron chi connectivity index (χ1n) is 6.61. The number of nitrogens with one attached hydrogen (secondary N) is 2. The minimum absolute atomic E-state index is 0.124. The van der Waals surface area contributed by atoms with Crippen molar-refractivity contribution in [3.8, 4) is 0 Å². The van der Waals surface area contributed by atoms with Gasteiger partial charge in [0.2, 0.25) is 0 Å². The van der Waals surface area contributed by atoms with Crippen LogP contribution >= 0.6 is 11.9 Å². The SMILES string of the molecule is CC(C)NC(NCCc1cccc(C(=O)OCl)c1)S(=O)(=O)O. The maximum atomic E-state index is 11.3. The predicted molar refractivity (Wildman–Crippen MR) is 83.0 cm³/mol. The number of benzene rings is 1. The highest BCUT2D eigenvalue weighted by Gasteiger charge is 2.22. The summed E-state index contributed by atoms with van der Waals surface area (Å²) in [7, 11) is -4.25. The monoisotopic (exact) mass is 350 g/mol. The average molecular weight is 351 g/mol. The molecular weight excluding hydrogens is 332 g/mol. The Hall–Kier alpha value is -1.19. The molecule has 0 spiro atoms. The number of hydrogen-bond donors (Lipinski definition) is 3. The molecule has 22 heavy (non-hydrogen) atoms. The second-order valence-electron chi connectivity index (χ2n) is 4.99. The largest absolute Gasteiger partial charge is 0.356 e. The lowest BCUT2D eigenvalue weighted by Crippen LogP contribution is -2.51. The second kappa shape index (κ2) is 8.44. The topological polar surface area (TPSA) is 105 Å². The third kappa shape index (κ3) is 6.29. The van der Waals surface area contributed by atoms with Gasteiger partial charge in [-0.2, -0.15) is 8.42 Å². The lowest BCUT2D eigenvalue weighted by Gasteiger charge is -2.19. The lowest BCUT2D eigenvalue weighted by molar-refractivity contribution is 0.0751. The summed E-state index contributed by atoms with van der Waals surface area (Å²) in [6.45, 7) is 3.81. The third-order valence-corrected chi connectivity index (χ3v) is 3.80. The van der Waals surface area contributed by atoms with Gasteiger partial charge in [0.25, 0.3) is 10.1 Å². The van der Waals surface area contributed by atoms with E-state index in [4.69, 9.17) is 16.4 Å². The summed E-state index contributed by atoms with van der Waals surface area (Å²) in [5, 5.41) is 5.42. The Kier molecular flexibility index (Phi) is 7.24. The maximum Gasteiger partial charge on any atom is 0.356 e. The minimum atomic E-state index is -4.25. The molecule has 3 N–H and O–H groups in total. The molecule has 0 saturated heterocycles. The molecule has 124 valence electrons. The molecule has 0 amide bonds. The molecule has 9 heteroatoms. The molecule has 7 nitrogen and oxygen atoms in total. The summed E-state index contributed by atoms with van der Waals surface area (Å²) in [6.07, 6.45) is 0.454. The number of halogens is 1. The predicted octanol–water partition coefficient (Wildman–Crippen LogP) is 1.30. The van der Waals surface area contributed by atoms with Crippen molar-refractivity contribution < 1.29 is 22.1 Å². The lowest BCUT2D eigenvalue weighted by atomic mass is 10.1. The van der Waals surface area contributed by atoms with Gasteiger partial charge in [-0.1, -0.05) is 12.1 Å². The Morgan fingerprint density at radius 2 is 2.09 bits per heavy atom. The van der Waals surface area contributed by atoms with Gasteiger partial charge in [-0.15, -0.1) is 0 Å². The highest BCUT2D eigenvalue weighted by molar-refractivity contribution is 7.86. The van der Waals surface area contributed by atoms with Gasteiger partial charge >= 0.3 is 5.97 Å². The van der Waals surface area contributed by atoms with Crippen molar-refractivity contribution in [2.75, 3.05) is 6.54 Å². The summed E-state index contributed by atoms with van der Waals surface area (Å²) in [6, 6.07) is 6.49. The van der Waals surface area contributed by atoms with Crippen LogP contribution in [0, 0.1) is 0 Å². The molecular formula is C13H19ClN2O5S. The van der Waals surface area contributed by atoms with Crippen LogP contribution in [0.4, 0.5) is 0 Å². The Morgan fingerprint density at radius 3 is 2.64 bits per heavy atom. The van der Waals surface area contributed by atoms with E-state index in [2.05, 4.69) is 14.9 Å². The van der Waals surface area contributed by atoms with Crippen LogP contribution < -0.4 is 10.6 Å². The molecule has 1 atom stereocenters. The van der Waals surface area contributed by atoms with Crippen LogP contribution in [-0.2, 0) is 20.8 Å². The van der Waals surface area contributed by atoms with Gasteiger partial charge in [0.1, 0.15) is 11.9 Å². The van der Waals surface area contributed by atoms with E-state index < -0.39 is 21.6 Å². The molecule has 0 heterocycles. The van der Waals surface area contributed by atoms with Gasteiger partial charge < -0.3 is 4.29 Å². The number of rotatable bonds is 8. The summed E-state index contributed by atoms with van der Waals surface area (Å²) in [5.41, 5.74) is -0.145. The number of carbonyl (C=O) groups is 1. The van der Waals surface area contributed by atoms with E-state index in [0.29, 0.717) is 12.0 Å². The zero-order chi connectivity index (χ0) is 16.8. The smallest absolute Gasteiger partial charge is 0.343 e. The zero-order valence-electron chi connectivity index (χ0n) is 12.2. The number of hydrogen-bond acceptors (Lipinski definition) is 6. The molecule has 0 aromatic heterocycles. The fourth-order valence-electron chi connectivity index (χ4n) is 1.80. The highest BCUT2D eigenvalue weighted by Crippen LogP contribution is 2.08. The fourth-order valence-corrected chi connectivity index (χ4v) is 2.66. The van der Waals surface area contributed by atoms with Crippen molar-refractivity contribution in [3.05, 3.63) is 35.4 Å². The van der Waals surface area contributed by atoms with Crippen LogP contribution in [0.25, 0.3) is 0 Å². The van der Waals surface area contributed by atoms with Crippen LogP contribution in [0.3, 0.4) is 0 Å². The van der Waals surface area contributed by atoms with E-state index in [1.807, 2.05) is 0 Å². The van der Waals surface area contributed by atoms with E-state index >= 15 is 0 Å². The Bertz CT molecular complexity index is 606. The normalized spacial score (nSPS) is 13.1. The van der Waals surface area contributed by atoms with Gasteiger partial charge in [-0.25, -0.2) is 4.79 Å². The van der Waals surface area contributed by atoms with Crippen molar-refractivity contribution in [2.24, 2.45) is 0 Å². The van der Waals surface area contributed by atoms with Gasteiger partial charge in [0.15, 0.2) is 5.50 Å². The maximum absolute atomic E-state index is 11.3. The Balaban J connectivity index is 2.64. The van der Waals surface area contributed by atoms with Gasteiger partial charge in [-0.3, -0.25) is 15.2 Å².